The van der Waals surface area contributed by atoms with Gasteiger partial charge in [-0.25, -0.2) is 0 Å². The topological polar surface area (TPSA) is 30.0 Å². The molecule has 0 aliphatic heterocycles. The van der Waals surface area contributed by atoms with E-state index in [0.29, 0.717) is 5.92 Å². The SMILES string of the molecule is CC1CC(C)(C)C(=O)c2ccc(Cc3ccccc3)nc21. The predicted molar refractivity (Wildman–Crippen MR) is 84.6 cm³/mol. The van der Waals surface area contributed by atoms with Crippen molar-refractivity contribution in [1.82, 2.24) is 4.98 Å². The molecule has 108 valence electrons. The maximum absolute atomic E-state index is 12.5. The first-order chi connectivity index (χ1) is 9.97. The Kier molecular flexibility index (Phi) is 3.40. The van der Waals surface area contributed by atoms with E-state index in [1.54, 1.807) is 0 Å². The van der Waals surface area contributed by atoms with E-state index < -0.39 is 0 Å². The minimum atomic E-state index is -0.269. The lowest BCUT2D eigenvalue weighted by Gasteiger charge is -2.33. The van der Waals surface area contributed by atoms with Crippen molar-refractivity contribution in [3.63, 3.8) is 0 Å². The molecular formula is C19H21NO. The highest BCUT2D eigenvalue weighted by Crippen LogP contribution is 2.40. The molecule has 21 heavy (non-hydrogen) atoms. The molecule has 0 saturated heterocycles. The minimum Gasteiger partial charge on any atom is -0.294 e. The Morgan fingerprint density at radius 2 is 1.86 bits per heavy atom. The summed E-state index contributed by atoms with van der Waals surface area (Å²) < 4.78 is 0. The third-order valence-electron chi connectivity index (χ3n) is 4.35. The van der Waals surface area contributed by atoms with E-state index in [0.717, 1.165) is 29.8 Å². The van der Waals surface area contributed by atoms with Gasteiger partial charge in [0.1, 0.15) is 0 Å². The number of ketones is 1. The van der Waals surface area contributed by atoms with Crippen molar-refractivity contribution in [1.29, 1.82) is 0 Å². The summed E-state index contributed by atoms with van der Waals surface area (Å²) in [5.41, 5.74) is 3.82. The van der Waals surface area contributed by atoms with Crippen LogP contribution in [-0.2, 0) is 6.42 Å². The summed E-state index contributed by atoms with van der Waals surface area (Å²) in [6.45, 7) is 6.24. The molecule has 1 unspecified atom stereocenters. The van der Waals surface area contributed by atoms with Crippen LogP contribution < -0.4 is 0 Å². The first kappa shape index (κ1) is 14.0. The van der Waals surface area contributed by atoms with Crippen LogP contribution in [0, 0.1) is 5.41 Å². The Balaban J connectivity index is 1.95. The van der Waals surface area contributed by atoms with Crippen LogP contribution in [0.25, 0.3) is 0 Å². The smallest absolute Gasteiger partial charge is 0.170 e. The maximum Gasteiger partial charge on any atom is 0.170 e. The minimum absolute atomic E-state index is 0.231. The van der Waals surface area contributed by atoms with Gasteiger partial charge in [-0.15, -0.1) is 0 Å². The molecule has 2 nitrogen and oxygen atoms in total. The van der Waals surface area contributed by atoms with Gasteiger partial charge < -0.3 is 0 Å². The number of carbonyl (C=O) groups is 1. The quantitative estimate of drug-likeness (QED) is 0.816. The average molecular weight is 279 g/mol. The van der Waals surface area contributed by atoms with Crippen LogP contribution in [0.4, 0.5) is 0 Å². The normalized spacial score (nSPS) is 20.1. The summed E-state index contributed by atoms with van der Waals surface area (Å²) >= 11 is 0. The molecule has 2 heteroatoms. The van der Waals surface area contributed by atoms with Gasteiger partial charge in [-0.1, -0.05) is 51.1 Å². The predicted octanol–water partition coefficient (Wildman–Crippen LogP) is 4.39. The van der Waals surface area contributed by atoms with E-state index in [9.17, 15) is 4.79 Å². The Morgan fingerprint density at radius 1 is 1.14 bits per heavy atom. The molecule has 0 fully saturated rings. The molecule has 0 N–H and O–H groups in total. The van der Waals surface area contributed by atoms with Gasteiger partial charge in [0.05, 0.1) is 5.69 Å². The third kappa shape index (κ3) is 2.63. The third-order valence-corrected chi connectivity index (χ3v) is 4.35. The fraction of sp³-hybridized carbons (Fsp3) is 0.368. The molecule has 0 saturated carbocycles. The van der Waals surface area contributed by atoms with Crippen LogP contribution in [0.2, 0.25) is 0 Å². The van der Waals surface area contributed by atoms with Crippen molar-refractivity contribution in [3.8, 4) is 0 Å². The van der Waals surface area contributed by atoms with Gasteiger partial charge >= 0.3 is 0 Å². The summed E-state index contributed by atoms with van der Waals surface area (Å²) in [6.07, 6.45) is 1.69. The van der Waals surface area contributed by atoms with E-state index >= 15 is 0 Å². The zero-order valence-corrected chi connectivity index (χ0v) is 12.9. The number of rotatable bonds is 2. The van der Waals surface area contributed by atoms with Crippen molar-refractivity contribution in [2.45, 2.75) is 39.5 Å². The number of pyridine rings is 1. The molecule has 1 heterocycles. The zero-order valence-electron chi connectivity index (χ0n) is 12.9. The van der Waals surface area contributed by atoms with Gasteiger partial charge in [0, 0.05) is 29.0 Å². The zero-order chi connectivity index (χ0) is 15.0. The Labute approximate surface area is 126 Å². The number of benzene rings is 1. The molecule has 3 rings (SSSR count). The van der Waals surface area contributed by atoms with E-state index in [1.807, 2.05) is 44.2 Å². The molecule has 0 spiro atoms. The fourth-order valence-corrected chi connectivity index (χ4v) is 3.31. The number of nitrogens with zero attached hydrogens (tertiary/aromatic N) is 1. The highest BCUT2D eigenvalue weighted by molar-refractivity contribution is 6.02. The van der Waals surface area contributed by atoms with Crippen molar-refractivity contribution in [2.75, 3.05) is 0 Å². The van der Waals surface area contributed by atoms with Gasteiger partial charge in [-0.05, 0) is 24.1 Å². The van der Waals surface area contributed by atoms with E-state index in [-0.39, 0.29) is 11.2 Å². The second-order valence-electron chi connectivity index (χ2n) is 6.72. The highest BCUT2D eigenvalue weighted by atomic mass is 16.1. The van der Waals surface area contributed by atoms with Crippen LogP contribution in [0.5, 0.6) is 0 Å². The second-order valence-corrected chi connectivity index (χ2v) is 6.72. The average Bonchev–Trinajstić information content (AvgIpc) is 2.46. The molecule has 1 aliphatic carbocycles. The first-order valence-corrected chi connectivity index (χ1v) is 7.56. The standard InChI is InChI=1S/C19H21NO/c1-13-12-19(2,3)18(21)16-10-9-15(20-17(13)16)11-14-7-5-4-6-8-14/h4-10,13H,11-12H2,1-3H3. The highest BCUT2D eigenvalue weighted by Gasteiger charge is 2.38. The number of fused-ring (bicyclic) bond motifs is 1. The van der Waals surface area contributed by atoms with Crippen LogP contribution in [0.15, 0.2) is 42.5 Å². The van der Waals surface area contributed by atoms with Gasteiger partial charge in [0.2, 0.25) is 0 Å². The molecule has 0 amide bonds. The van der Waals surface area contributed by atoms with E-state index in [2.05, 4.69) is 19.1 Å². The second kappa shape index (κ2) is 5.10. The molecule has 2 aromatic rings. The van der Waals surface area contributed by atoms with Crippen molar-refractivity contribution < 1.29 is 4.79 Å². The monoisotopic (exact) mass is 279 g/mol. The lowest BCUT2D eigenvalue weighted by molar-refractivity contribution is 0.0795. The summed E-state index contributed by atoms with van der Waals surface area (Å²) in [4.78, 5) is 17.3. The maximum atomic E-state index is 12.5. The first-order valence-electron chi connectivity index (χ1n) is 7.56. The van der Waals surface area contributed by atoms with Crippen molar-refractivity contribution in [2.24, 2.45) is 5.41 Å². The molecule has 1 atom stereocenters. The molecule has 0 bridgehead atoms. The van der Waals surface area contributed by atoms with Crippen molar-refractivity contribution in [3.05, 3.63) is 65.0 Å². The Bertz CT molecular complexity index is 673. The molecule has 1 aromatic carbocycles. The van der Waals surface area contributed by atoms with Gasteiger partial charge in [-0.3, -0.25) is 9.78 Å². The molecule has 1 aliphatic rings. The lowest BCUT2D eigenvalue weighted by atomic mass is 9.70. The largest absolute Gasteiger partial charge is 0.294 e. The Hall–Kier alpha value is -1.96. The van der Waals surface area contributed by atoms with Crippen LogP contribution >= 0.6 is 0 Å². The summed E-state index contributed by atoms with van der Waals surface area (Å²) in [7, 11) is 0. The number of Topliss-reactive ketones (excluding diaryl/α,β-unsaturated/α-hetero) is 1. The number of hydrogen-bond acceptors (Lipinski definition) is 2. The number of aromatic nitrogens is 1. The fourth-order valence-electron chi connectivity index (χ4n) is 3.31. The van der Waals surface area contributed by atoms with E-state index in [4.69, 9.17) is 4.98 Å². The molecule has 0 radical (unpaired) electrons. The lowest BCUT2D eigenvalue weighted by Crippen LogP contribution is -2.32. The summed E-state index contributed by atoms with van der Waals surface area (Å²) in [5, 5.41) is 0. The molecule has 1 aromatic heterocycles. The number of carbonyl (C=O) groups excluding carboxylic acids is 1. The van der Waals surface area contributed by atoms with E-state index in [1.165, 1.54) is 5.56 Å². The molecular weight excluding hydrogens is 258 g/mol. The summed E-state index contributed by atoms with van der Waals surface area (Å²) in [5.74, 6) is 0.567. The van der Waals surface area contributed by atoms with Crippen LogP contribution in [0.3, 0.4) is 0 Å². The van der Waals surface area contributed by atoms with Crippen LogP contribution in [-0.4, -0.2) is 10.8 Å². The van der Waals surface area contributed by atoms with Gasteiger partial charge in [0.15, 0.2) is 5.78 Å². The number of hydrogen-bond donors (Lipinski definition) is 0. The van der Waals surface area contributed by atoms with Gasteiger partial charge in [0.25, 0.3) is 0 Å². The summed E-state index contributed by atoms with van der Waals surface area (Å²) in [6, 6.07) is 14.3. The van der Waals surface area contributed by atoms with Crippen molar-refractivity contribution >= 4 is 5.78 Å². The van der Waals surface area contributed by atoms with Crippen LogP contribution in [0.1, 0.15) is 60.4 Å². The Morgan fingerprint density at radius 3 is 2.57 bits per heavy atom. The van der Waals surface area contributed by atoms with Gasteiger partial charge in [-0.2, -0.15) is 0 Å².